The van der Waals surface area contributed by atoms with Crippen LogP contribution < -0.4 is 5.32 Å². The molecule has 0 heterocycles. The number of nitro groups is 1. The first-order valence-corrected chi connectivity index (χ1v) is 6.67. The van der Waals surface area contributed by atoms with Crippen molar-refractivity contribution in [1.82, 2.24) is 5.32 Å². The third kappa shape index (κ3) is 3.36. The van der Waals surface area contributed by atoms with E-state index in [2.05, 4.69) is 5.32 Å². The van der Waals surface area contributed by atoms with Gasteiger partial charge in [-0.3, -0.25) is 19.7 Å². The number of nitrogens with one attached hydrogen (secondary N) is 1. The molecular formula is C14H16N2O5. The Morgan fingerprint density at radius 2 is 2.10 bits per heavy atom. The fourth-order valence-electron chi connectivity index (χ4n) is 2.61. The first-order valence-electron chi connectivity index (χ1n) is 6.67. The van der Waals surface area contributed by atoms with Crippen molar-refractivity contribution in [3.8, 4) is 0 Å². The highest BCUT2D eigenvalue weighted by molar-refractivity contribution is 5.95. The minimum atomic E-state index is -0.835. The molecule has 1 amide bonds. The molecule has 7 nitrogen and oxygen atoms in total. The lowest BCUT2D eigenvalue weighted by molar-refractivity contribution is -0.385. The summed E-state index contributed by atoms with van der Waals surface area (Å²) in [7, 11) is 0. The van der Waals surface area contributed by atoms with E-state index < -0.39 is 16.8 Å². The highest BCUT2D eigenvalue weighted by atomic mass is 16.6. The molecule has 0 aromatic heterocycles. The van der Waals surface area contributed by atoms with Crippen LogP contribution in [0.2, 0.25) is 0 Å². The molecule has 1 saturated carbocycles. The van der Waals surface area contributed by atoms with Gasteiger partial charge in [0.1, 0.15) is 0 Å². The first kappa shape index (κ1) is 15.0. The first-order chi connectivity index (χ1) is 9.88. The van der Waals surface area contributed by atoms with E-state index >= 15 is 0 Å². The number of aryl methyl sites for hydroxylation is 1. The van der Waals surface area contributed by atoms with Gasteiger partial charge in [-0.15, -0.1) is 0 Å². The SMILES string of the molecule is Cc1cc(C(=O)N[C@@H]2CC[C@H](C(=O)O)C2)ccc1[N+](=O)[O-]. The molecule has 0 unspecified atom stereocenters. The van der Waals surface area contributed by atoms with Crippen molar-refractivity contribution in [1.29, 1.82) is 0 Å². The van der Waals surface area contributed by atoms with Crippen LogP contribution in [0.4, 0.5) is 5.69 Å². The van der Waals surface area contributed by atoms with E-state index in [-0.39, 0.29) is 17.6 Å². The van der Waals surface area contributed by atoms with E-state index in [0.29, 0.717) is 30.4 Å². The minimum Gasteiger partial charge on any atom is -0.481 e. The van der Waals surface area contributed by atoms with E-state index in [4.69, 9.17) is 5.11 Å². The molecule has 0 saturated heterocycles. The number of benzene rings is 1. The van der Waals surface area contributed by atoms with E-state index in [9.17, 15) is 19.7 Å². The van der Waals surface area contributed by atoms with Gasteiger partial charge in [0, 0.05) is 23.2 Å². The predicted octanol–water partition coefficient (Wildman–Crippen LogP) is 1.89. The number of nitrogens with zero attached hydrogens (tertiary/aromatic N) is 1. The molecule has 21 heavy (non-hydrogen) atoms. The quantitative estimate of drug-likeness (QED) is 0.650. The molecule has 0 aliphatic heterocycles. The third-order valence-electron chi connectivity index (χ3n) is 3.77. The summed E-state index contributed by atoms with van der Waals surface area (Å²) in [6, 6.07) is 4.02. The summed E-state index contributed by atoms with van der Waals surface area (Å²) < 4.78 is 0. The van der Waals surface area contributed by atoms with Crippen molar-refractivity contribution >= 4 is 17.6 Å². The van der Waals surface area contributed by atoms with Gasteiger partial charge < -0.3 is 10.4 Å². The van der Waals surface area contributed by atoms with E-state index in [1.807, 2.05) is 0 Å². The average Bonchev–Trinajstić information content (AvgIpc) is 2.86. The molecule has 1 fully saturated rings. The van der Waals surface area contributed by atoms with Crippen molar-refractivity contribution in [3.63, 3.8) is 0 Å². The van der Waals surface area contributed by atoms with Gasteiger partial charge in [-0.2, -0.15) is 0 Å². The van der Waals surface area contributed by atoms with E-state index in [0.717, 1.165) is 0 Å². The van der Waals surface area contributed by atoms with Gasteiger partial charge in [0.15, 0.2) is 0 Å². The summed E-state index contributed by atoms with van der Waals surface area (Å²) in [6.07, 6.45) is 1.61. The van der Waals surface area contributed by atoms with Crippen molar-refractivity contribution in [2.45, 2.75) is 32.2 Å². The Bertz CT molecular complexity index is 599. The van der Waals surface area contributed by atoms with Crippen LogP contribution in [-0.2, 0) is 4.79 Å². The van der Waals surface area contributed by atoms with Gasteiger partial charge in [-0.1, -0.05) is 0 Å². The van der Waals surface area contributed by atoms with E-state index in [1.54, 1.807) is 6.92 Å². The van der Waals surface area contributed by atoms with Crippen LogP contribution in [-0.4, -0.2) is 27.9 Å². The molecule has 112 valence electrons. The van der Waals surface area contributed by atoms with Gasteiger partial charge in [0.05, 0.1) is 10.8 Å². The minimum absolute atomic E-state index is 0.0293. The lowest BCUT2D eigenvalue weighted by atomic mass is 10.1. The van der Waals surface area contributed by atoms with Crippen LogP contribution in [0.15, 0.2) is 18.2 Å². The zero-order valence-electron chi connectivity index (χ0n) is 11.5. The van der Waals surface area contributed by atoms with Crippen LogP contribution in [0.1, 0.15) is 35.2 Å². The van der Waals surface area contributed by atoms with Crippen LogP contribution in [0.5, 0.6) is 0 Å². The van der Waals surface area contributed by atoms with Gasteiger partial charge in [0.2, 0.25) is 0 Å². The number of carbonyl (C=O) groups is 2. The fourth-order valence-corrected chi connectivity index (χ4v) is 2.61. The molecule has 0 spiro atoms. The molecule has 2 N–H and O–H groups in total. The molecule has 2 rings (SSSR count). The Hall–Kier alpha value is -2.44. The van der Waals surface area contributed by atoms with Crippen molar-refractivity contribution in [3.05, 3.63) is 39.4 Å². The highest BCUT2D eigenvalue weighted by Crippen LogP contribution is 2.26. The van der Waals surface area contributed by atoms with Crippen molar-refractivity contribution in [2.75, 3.05) is 0 Å². The van der Waals surface area contributed by atoms with Crippen molar-refractivity contribution < 1.29 is 19.6 Å². The summed E-state index contributed by atoms with van der Waals surface area (Å²) >= 11 is 0. The van der Waals surface area contributed by atoms with Crippen LogP contribution in [0.3, 0.4) is 0 Å². The Labute approximate surface area is 121 Å². The summed E-state index contributed by atoms with van der Waals surface area (Å²) in [5, 5.41) is 22.4. The second kappa shape index (κ2) is 5.90. The second-order valence-corrected chi connectivity index (χ2v) is 5.28. The average molecular weight is 292 g/mol. The molecule has 1 aliphatic carbocycles. The summed E-state index contributed by atoms with van der Waals surface area (Å²) in [5.41, 5.74) is 0.734. The lowest BCUT2D eigenvalue weighted by Crippen LogP contribution is -2.33. The Balaban J connectivity index is 2.03. The number of carboxylic acids is 1. The van der Waals surface area contributed by atoms with Crippen LogP contribution in [0, 0.1) is 23.0 Å². The topological polar surface area (TPSA) is 110 Å². The number of carboxylic acid groups (broad SMARTS) is 1. The Morgan fingerprint density at radius 1 is 1.38 bits per heavy atom. The maximum Gasteiger partial charge on any atom is 0.306 e. The number of amides is 1. The fraction of sp³-hybridized carbons (Fsp3) is 0.429. The van der Waals surface area contributed by atoms with Gasteiger partial charge in [0.25, 0.3) is 11.6 Å². The van der Waals surface area contributed by atoms with Gasteiger partial charge in [-0.05, 0) is 38.3 Å². The number of hydrogen-bond donors (Lipinski definition) is 2. The summed E-state index contributed by atoms with van der Waals surface area (Å²) in [4.78, 5) is 33.2. The number of rotatable bonds is 4. The maximum atomic E-state index is 12.1. The molecule has 7 heteroatoms. The van der Waals surface area contributed by atoms with Crippen molar-refractivity contribution in [2.24, 2.45) is 5.92 Å². The maximum absolute atomic E-state index is 12.1. The summed E-state index contributed by atoms with van der Waals surface area (Å²) in [5.74, 6) is -1.57. The second-order valence-electron chi connectivity index (χ2n) is 5.28. The molecule has 1 aromatic carbocycles. The molecule has 1 aliphatic rings. The number of nitro benzene ring substituents is 1. The zero-order valence-corrected chi connectivity index (χ0v) is 11.5. The largest absolute Gasteiger partial charge is 0.481 e. The predicted molar refractivity (Wildman–Crippen MR) is 74.1 cm³/mol. The third-order valence-corrected chi connectivity index (χ3v) is 3.77. The smallest absolute Gasteiger partial charge is 0.306 e. The number of hydrogen-bond acceptors (Lipinski definition) is 4. The molecular weight excluding hydrogens is 276 g/mol. The highest BCUT2D eigenvalue weighted by Gasteiger charge is 2.30. The number of carbonyl (C=O) groups excluding carboxylic acids is 1. The molecule has 2 atom stereocenters. The van der Waals surface area contributed by atoms with Gasteiger partial charge >= 0.3 is 5.97 Å². The van der Waals surface area contributed by atoms with Crippen LogP contribution >= 0.6 is 0 Å². The Kier molecular flexibility index (Phi) is 4.21. The molecule has 0 radical (unpaired) electrons. The number of aliphatic carboxylic acids is 1. The standard InChI is InChI=1S/C14H16N2O5/c1-8-6-9(3-5-12(8)16(20)21)13(17)15-11-4-2-10(7-11)14(18)19/h3,5-6,10-11H,2,4,7H2,1H3,(H,15,17)(H,18,19)/t10-,11+/m0/s1. The zero-order chi connectivity index (χ0) is 15.6. The normalized spacial score (nSPS) is 21.0. The van der Waals surface area contributed by atoms with E-state index in [1.165, 1.54) is 18.2 Å². The molecule has 1 aromatic rings. The monoisotopic (exact) mass is 292 g/mol. The summed E-state index contributed by atoms with van der Waals surface area (Å²) in [6.45, 7) is 1.57. The lowest BCUT2D eigenvalue weighted by Gasteiger charge is -2.12. The Morgan fingerprint density at radius 3 is 2.62 bits per heavy atom. The van der Waals surface area contributed by atoms with Crippen LogP contribution in [0.25, 0.3) is 0 Å². The van der Waals surface area contributed by atoms with Gasteiger partial charge in [-0.25, -0.2) is 0 Å². The molecule has 0 bridgehead atoms.